The molecule has 0 saturated carbocycles. The van der Waals surface area contributed by atoms with Gasteiger partial charge in [-0.2, -0.15) is 0 Å². The second-order valence-electron chi connectivity index (χ2n) is 3.76. The molecule has 0 spiro atoms. The summed E-state index contributed by atoms with van der Waals surface area (Å²) in [6, 6.07) is 3.75. The molecular weight excluding hydrogens is 252 g/mol. The van der Waals surface area contributed by atoms with E-state index in [2.05, 4.69) is 15.4 Å². The normalized spacial score (nSPS) is 18.4. The summed E-state index contributed by atoms with van der Waals surface area (Å²) >= 11 is 1.33. The number of carbonyl (C=O) groups is 2. The molecule has 2 heterocycles. The number of H-pyrrole nitrogens is 1. The molecule has 0 aromatic carbocycles. The van der Waals surface area contributed by atoms with E-state index in [1.807, 2.05) is 12.1 Å². The van der Waals surface area contributed by atoms with Gasteiger partial charge in [0.05, 0.1) is 5.56 Å². The molecule has 2 N–H and O–H groups in total. The van der Waals surface area contributed by atoms with Crippen LogP contribution in [-0.4, -0.2) is 22.0 Å². The topological polar surface area (TPSA) is 75.9 Å². The Morgan fingerprint density at radius 3 is 2.83 bits per heavy atom. The Morgan fingerprint density at radius 2 is 2.28 bits per heavy atom. The summed E-state index contributed by atoms with van der Waals surface area (Å²) in [6.07, 6.45) is 3.59. The van der Waals surface area contributed by atoms with Crippen molar-refractivity contribution in [1.29, 1.82) is 0 Å². The Labute approximate surface area is 108 Å². The predicted octanol–water partition coefficient (Wildman–Crippen LogP) is 0.502. The van der Waals surface area contributed by atoms with E-state index < -0.39 is 0 Å². The Kier molecular flexibility index (Phi) is 3.61. The number of hydrazone groups is 1. The highest BCUT2D eigenvalue weighted by molar-refractivity contribution is 8.14. The fourth-order valence-corrected chi connectivity index (χ4v) is 2.67. The van der Waals surface area contributed by atoms with Crippen LogP contribution >= 0.6 is 11.8 Å². The molecule has 1 aliphatic rings. The monoisotopic (exact) mass is 265 g/mol. The first-order valence-corrected chi connectivity index (χ1v) is 6.24. The summed E-state index contributed by atoms with van der Waals surface area (Å²) in [6.45, 7) is 2.85. The van der Waals surface area contributed by atoms with Crippen LogP contribution in [0, 0.1) is 0 Å². The van der Waals surface area contributed by atoms with Gasteiger partial charge < -0.3 is 5.32 Å². The van der Waals surface area contributed by atoms with Gasteiger partial charge in [-0.3, -0.25) is 9.59 Å². The van der Waals surface area contributed by atoms with Crippen molar-refractivity contribution in [2.75, 3.05) is 0 Å². The lowest BCUT2D eigenvalue weighted by atomic mass is 10.3. The molecule has 1 unspecified atom stereocenters. The van der Waals surface area contributed by atoms with Crippen LogP contribution in [-0.2, 0) is 9.59 Å². The third-order valence-electron chi connectivity index (χ3n) is 2.27. The quantitative estimate of drug-likeness (QED) is 0.803. The van der Waals surface area contributed by atoms with Crippen LogP contribution < -0.4 is 10.3 Å². The molecule has 1 aromatic heterocycles. The maximum atomic E-state index is 11.5. The highest BCUT2D eigenvalue weighted by Crippen LogP contribution is 2.37. The number of thioether (sulfide) groups is 1. The van der Waals surface area contributed by atoms with Crippen molar-refractivity contribution < 1.29 is 14.6 Å². The molecule has 0 radical (unpaired) electrons. The third kappa shape index (κ3) is 2.67. The molecule has 0 bridgehead atoms. The zero-order chi connectivity index (χ0) is 13.1. The molecular formula is C11H13N4O2S+. The second kappa shape index (κ2) is 5.18. The van der Waals surface area contributed by atoms with E-state index in [0.717, 1.165) is 5.56 Å². The van der Waals surface area contributed by atoms with E-state index in [1.165, 1.54) is 30.6 Å². The number of aromatic amines is 1. The molecule has 0 fully saturated rings. The maximum Gasteiger partial charge on any atom is 0.241 e. The molecule has 0 aliphatic carbocycles. The standard InChI is InChI=1S/C11H12N4O2S/c1-7(16)13-11-14-15(8(2)17)10(18-11)9-4-3-5-12-6-9/h3-6,10H,1-2H3,(H,13,14,16)/p+1. The number of amidine groups is 1. The third-order valence-corrected chi connectivity index (χ3v) is 3.37. The van der Waals surface area contributed by atoms with Crippen molar-refractivity contribution in [3.05, 3.63) is 30.1 Å². The number of hydrogen-bond acceptors (Lipinski definition) is 4. The highest BCUT2D eigenvalue weighted by Gasteiger charge is 2.33. The minimum absolute atomic E-state index is 0.170. The van der Waals surface area contributed by atoms with Crippen molar-refractivity contribution in [3.8, 4) is 0 Å². The number of pyridine rings is 1. The van der Waals surface area contributed by atoms with Crippen LogP contribution in [0.5, 0.6) is 0 Å². The van der Waals surface area contributed by atoms with E-state index in [0.29, 0.717) is 5.17 Å². The minimum Gasteiger partial charge on any atom is -0.304 e. The van der Waals surface area contributed by atoms with E-state index in [1.54, 1.807) is 12.4 Å². The van der Waals surface area contributed by atoms with Crippen molar-refractivity contribution >= 4 is 28.7 Å². The fourth-order valence-electron chi connectivity index (χ4n) is 1.54. The van der Waals surface area contributed by atoms with Gasteiger partial charge in [-0.1, -0.05) is 11.8 Å². The first-order valence-electron chi connectivity index (χ1n) is 5.36. The lowest BCUT2D eigenvalue weighted by Crippen LogP contribution is -2.25. The molecule has 1 atom stereocenters. The first-order chi connectivity index (χ1) is 8.58. The van der Waals surface area contributed by atoms with Crippen LogP contribution in [0.1, 0.15) is 24.8 Å². The molecule has 0 saturated heterocycles. The lowest BCUT2D eigenvalue weighted by molar-refractivity contribution is -0.378. The van der Waals surface area contributed by atoms with Gasteiger partial charge in [-0.15, -0.1) is 5.10 Å². The average Bonchev–Trinajstić information content (AvgIpc) is 2.73. The van der Waals surface area contributed by atoms with Gasteiger partial charge in [0.25, 0.3) is 0 Å². The Bertz CT molecular complexity index is 503. The van der Waals surface area contributed by atoms with Gasteiger partial charge in [0, 0.05) is 19.9 Å². The SMILES string of the molecule is CC(=O)NC1=NN(C(C)=O)C(c2ccc[nH+]c2)S1. The largest absolute Gasteiger partial charge is 0.304 e. The van der Waals surface area contributed by atoms with Crippen LogP contribution in [0.25, 0.3) is 0 Å². The van der Waals surface area contributed by atoms with Gasteiger partial charge in [-0.05, 0) is 6.07 Å². The molecule has 1 aromatic rings. The number of nitrogens with one attached hydrogen (secondary N) is 2. The summed E-state index contributed by atoms with van der Waals surface area (Å²) in [4.78, 5) is 25.5. The van der Waals surface area contributed by atoms with Crippen molar-refractivity contribution in [2.45, 2.75) is 19.2 Å². The fraction of sp³-hybridized carbons (Fsp3) is 0.273. The zero-order valence-electron chi connectivity index (χ0n) is 10.0. The van der Waals surface area contributed by atoms with Gasteiger partial charge in [0.1, 0.15) is 5.37 Å². The molecule has 2 rings (SSSR count). The number of amides is 2. The van der Waals surface area contributed by atoms with Crippen LogP contribution in [0.2, 0.25) is 0 Å². The summed E-state index contributed by atoms with van der Waals surface area (Å²) in [5, 5.41) is 8.25. The lowest BCUT2D eigenvalue weighted by Gasteiger charge is -2.17. The Balaban J connectivity index is 2.23. The number of rotatable bonds is 1. The molecule has 18 heavy (non-hydrogen) atoms. The summed E-state index contributed by atoms with van der Waals surface area (Å²) in [7, 11) is 0. The molecule has 1 aliphatic heterocycles. The Hall–Kier alpha value is -1.89. The van der Waals surface area contributed by atoms with Crippen molar-refractivity contribution in [2.24, 2.45) is 5.10 Å². The molecule has 7 heteroatoms. The van der Waals surface area contributed by atoms with Gasteiger partial charge >= 0.3 is 0 Å². The first kappa shape index (κ1) is 12.6. The maximum absolute atomic E-state index is 11.5. The van der Waals surface area contributed by atoms with E-state index in [-0.39, 0.29) is 17.2 Å². The van der Waals surface area contributed by atoms with E-state index in [4.69, 9.17) is 0 Å². The number of aromatic nitrogens is 1. The predicted molar refractivity (Wildman–Crippen MR) is 67.1 cm³/mol. The van der Waals surface area contributed by atoms with E-state index in [9.17, 15) is 9.59 Å². The smallest absolute Gasteiger partial charge is 0.241 e. The van der Waals surface area contributed by atoms with Gasteiger partial charge in [-0.25, -0.2) is 9.99 Å². The summed E-state index contributed by atoms with van der Waals surface area (Å²) in [5.74, 6) is -0.373. The molecule has 2 amide bonds. The van der Waals surface area contributed by atoms with Crippen LogP contribution in [0.15, 0.2) is 29.6 Å². The summed E-state index contributed by atoms with van der Waals surface area (Å²) in [5.41, 5.74) is 0.918. The zero-order valence-corrected chi connectivity index (χ0v) is 10.8. The number of nitrogens with zero attached hydrogens (tertiary/aromatic N) is 2. The van der Waals surface area contributed by atoms with Crippen LogP contribution in [0.3, 0.4) is 0 Å². The summed E-state index contributed by atoms with van der Waals surface area (Å²) < 4.78 is 0. The van der Waals surface area contributed by atoms with E-state index >= 15 is 0 Å². The number of carbonyl (C=O) groups excluding carboxylic acids is 2. The molecule has 6 nitrogen and oxygen atoms in total. The highest BCUT2D eigenvalue weighted by atomic mass is 32.2. The Morgan fingerprint density at radius 1 is 1.50 bits per heavy atom. The van der Waals surface area contributed by atoms with Crippen LogP contribution in [0.4, 0.5) is 0 Å². The van der Waals surface area contributed by atoms with Crippen molar-refractivity contribution in [1.82, 2.24) is 10.3 Å². The second-order valence-corrected chi connectivity index (χ2v) is 4.83. The minimum atomic E-state index is -0.248. The van der Waals surface area contributed by atoms with Gasteiger partial charge in [0.15, 0.2) is 17.6 Å². The molecule has 94 valence electrons. The number of hydrogen-bond donors (Lipinski definition) is 1. The van der Waals surface area contributed by atoms with Gasteiger partial charge in [0.2, 0.25) is 11.8 Å². The van der Waals surface area contributed by atoms with Crippen molar-refractivity contribution in [3.63, 3.8) is 0 Å². The average molecular weight is 265 g/mol.